The van der Waals surface area contributed by atoms with E-state index in [1.54, 1.807) is 24.3 Å². The van der Waals surface area contributed by atoms with E-state index < -0.39 is 10.2 Å². The van der Waals surface area contributed by atoms with E-state index in [0.717, 1.165) is 38.0 Å². The van der Waals surface area contributed by atoms with Crippen LogP contribution in [0.2, 0.25) is 10.0 Å². The number of hydrogen-bond acceptors (Lipinski definition) is 4. The molecule has 1 saturated heterocycles. The minimum absolute atomic E-state index is 0.0828. The van der Waals surface area contributed by atoms with Crippen LogP contribution in [0.5, 0.6) is 0 Å². The molecule has 2 aliphatic heterocycles. The summed E-state index contributed by atoms with van der Waals surface area (Å²) in [5, 5.41) is 1.03. The van der Waals surface area contributed by atoms with Gasteiger partial charge in [-0.25, -0.2) is 0 Å². The molecule has 4 rings (SSSR count). The molecule has 9 heteroatoms. The second-order valence-electron chi connectivity index (χ2n) is 7.80. The van der Waals surface area contributed by atoms with Crippen molar-refractivity contribution in [1.29, 1.82) is 0 Å². The highest BCUT2D eigenvalue weighted by molar-refractivity contribution is 7.88. The Bertz CT molecular complexity index is 1100. The lowest BCUT2D eigenvalue weighted by Gasteiger charge is -2.30. The lowest BCUT2D eigenvalue weighted by atomic mass is 10.0. The zero-order valence-corrected chi connectivity index (χ0v) is 19.2. The highest BCUT2D eigenvalue weighted by Crippen LogP contribution is 2.24. The average Bonchev–Trinajstić information content (AvgIpc) is 2.71. The van der Waals surface area contributed by atoms with Crippen molar-refractivity contribution in [3.8, 4) is 0 Å². The fourth-order valence-electron chi connectivity index (χ4n) is 3.83. The number of likely N-dealkylation sites (tertiary alicyclic amines) is 1. The van der Waals surface area contributed by atoms with Gasteiger partial charge in [-0.3, -0.25) is 19.3 Å². The summed E-state index contributed by atoms with van der Waals surface area (Å²) in [5.74, 6) is 0.361. The topological polar surface area (TPSA) is 73.8 Å². The molecule has 0 saturated carbocycles. The lowest BCUT2D eigenvalue weighted by Crippen LogP contribution is -2.45. The van der Waals surface area contributed by atoms with Crippen LogP contribution in [0.1, 0.15) is 24.0 Å². The van der Waals surface area contributed by atoms with Crippen LogP contribution in [0.25, 0.3) is 0 Å². The van der Waals surface area contributed by atoms with Gasteiger partial charge in [-0.15, -0.1) is 0 Å². The number of piperidine rings is 1. The number of benzene rings is 2. The molecule has 0 atom stereocenters. The summed E-state index contributed by atoms with van der Waals surface area (Å²) in [6, 6.07) is 15.7. The van der Waals surface area contributed by atoms with E-state index in [2.05, 4.69) is 43.6 Å². The number of aliphatic imine (C=N–C) groups is 1. The van der Waals surface area contributed by atoms with Crippen molar-refractivity contribution in [1.82, 2.24) is 14.3 Å². The molecule has 2 N–H and O–H groups in total. The largest absolute Gasteiger partial charge is 0.322 e. The normalized spacial score (nSPS) is 20.7. The predicted molar refractivity (Wildman–Crippen MR) is 126 cm³/mol. The molecule has 1 fully saturated rings. The number of amidine groups is 1. The number of allylic oxidation sites excluding steroid dienone is 1. The van der Waals surface area contributed by atoms with Crippen molar-refractivity contribution in [2.75, 3.05) is 13.1 Å². The minimum Gasteiger partial charge on any atom is -0.299 e. The molecule has 164 valence electrons. The van der Waals surface area contributed by atoms with E-state index in [4.69, 9.17) is 23.2 Å². The van der Waals surface area contributed by atoms with Gasteiger partial charge in [-0.1, -0.05) is 59.6 Å². The zero-order valence-electron chi connectivity index (χ0n) is 16.9. The number of nitrogens with one attached hydrogen (secondary N) is 2. The monoisotopic (exact) mass is 478 g/mol. The molecule has 0 spiro atoms. The van der Waals surface area contributed by atoms with Crippen LogP contribution >= 0.6 is 23.2 Å². The summed E-state index contributed by atoms with van der Waals surface area (Å²) >= 11 is 12.2. The van der Waals surface area contributed by atoms with Gasteiger partial charge in [0.2, 0.25) is 0 Å². The van der Waals surface area contributed by atoms with Crippen molar-refractivity contribution >= 4 is 39.2 Å². The van der Waals surface area contributed by atoms with Crippen LogP contribution in [0.3, 0.4) is 0 Å². The molecular weight excluding hydrogens is 455 g/mol. The summed E-state index contributed by atoms with van der Waals surface area (Å²) in [5.41, 5.74) is 2.60. The molecule has 0 amide bonds. The van der Waals surface area contributed by atoms with Gasteiger partial charge in [0.1, 0.15) is 5.84 Å². The second-order valence-corrected chi connectivity index (χ2v) is 10.1. The van der Waals surface area contributed by atoms with Crippen LogP contribution in [-0.4, -0.2) is 38.3 Å². The Labute approximate surface area is 193 Å². The molecule has 0 radical (unpaired) electrons. The third kappa shape index (κ3) is 6.23. The number of nitrogens with zero attached hydrogens (tertiary/aromatic N) is 2. The first-order chi connectivity index (χ1) is 14.9. The van der Waals surface area contributed by atoms with Gasteiger partial charge in [0.15, 0.2) is 0 Å². The summed E-state index contributed by atoms with van der Waals surface area (Å²) in [6.07, 6.45) is 3.85. The number of hydrogen-bond donors (Lipinski definition) is 2. The maximum Gasteiger partial charge on any atom is 0.322 e. The summed E-state index contributed by atoms with van der Waals surface area (Å²) in [7, 11) is -3.70. The molecule has 2 aromatic carbocycles. The molecule has 2 aliphatic rings. The maximum atomic E-state index is 12.3. The number of halogens is 2. The molecule has 0 aromatic heterocycles. The highest BCUT2D eigenvalue weighted by Gasteiger charge is 2.23. The van der Waals surface area contributed by atoms with E-state index in [1.165, 1.54) is 5.56 Å². The highest BCUT2D eigenvalue weighted by atomic mass is 35.5. The Morgan fingerprint density at radius 1 is 1.03 bits per heavy atom. The van der Waals surface area contributed by atoms with Gasteiger partial charge in [-0.2, -0.15) is 8.42 Å². The fourth-order valence-corrected chi connectivity index (χ4v) is 5.22. The predicted octanol–water partition coefficient (Wildman–Crippen LogP) is 3.92. The smallest absolute Gasteiger partial charge is 0.299 e. The van der Waals surface area contributed by atoms with Crippen molar-refractivity contribution in [3.05, 3.63) is 81.5 Å². The van der Waals surface area contributed by atoms with Crippen LogP contribution in [0.4, 0.5) is 0 Å². The Morgan fingerprint density at radius 3 is 2.48 bits per heavy atom. The third-order valence-electron chi connectivity index (χ3n) is 5.34. The molecule has 0 bridgehead atoms. The van der Waals surface area contributed by atoms with Gasteiger partial charge in [0.25, 0.3) is 0 Å². The Kier molecular flexibility index (Phi) is 6.86. The Balaban J connectivity index is 1.42. The molecule has 2 heterocycles. The van der Waals surface area contributed by atoms with E-state index in [-0.39, 0.29) is 6.04 Å². The molecule has 0 unspecified atom stereocenters. The van der Waals surface area contributed by atoms with Crippen molar-refractivity contribution in [3.63, 3.8) is 0 Å². The van der Waals surface area contributed by atoms with Crippen molar-refractivity contribution < 1.29 is 8.42 Å². The van der Waals surface area contributed by atoms with Gasteiger partial charge in [0, 0.05) is 47.9 Å². The average molecular weight is 479 g/mol. The molecule has 0 aliphatic carbocycles. The van der Waals surface area contributed by atoms with Crippen molar-refractivity contribution in [2.24, 2.45) is 4.99 Å². The van der Waals surface area contributed by atoms with Gasteiger partial charge in [-0.05, 0) is 36.1 Å². The Morgan fingerprint density at radius 2 is 1.77 bits per heavy atom. The van der Waals surface area contributed by atoms with Gasteiger partial charge >= 0.3 is 10.2 Å². The first-order valence-electron chi connectivity index (χ1n) is 10.2. The van der Waals surface area contributed by atoms with Crippen LogP contribution in [0, 0.1) is 0 Å². The van der Waals surface area contributed by atoms with Crippen LogP contribution in [0.15, 0.2) is 65.3 Å². The Hall–Kier alpha value is -2.06. The van der Waals surface area contributed by atoms with Crippen molar-refractivity contribution in [2.45, 2.75) is 31.8 Å². The number of rotatable bonds is 5. The molecule has 31 heavy (non-hydrogen) atoms. The first-order valence-corrected chi connectivity index (χ1v) is 12.4. The van der Waals surface area contributed by atoms with Gasteiger partial charge in [0.05, 0.1) is 6.04 Å². The second kappa shape index (κ2) is 9.61. The summed E-state index contributed by atoms with van der Waals surface area (Å²) < 4.78 is 29.6. The zero-order chi connectivity index (χ0) is 21.8. The molecule has 2 aromatic rings. The molecule has 6 nitrogen and oxygen atoms in total. The SMILES string of the molecule is O=S1(=O)NC(Cc2ccc(Cl)cc2Cl)=CC(=NC2CCN(Cc3ccccc3)CC2)N1. The van der Waals surface area contributed by atoms with Gasteiger partial charge < -0.3 is 0 Å². The van der Waals surface area contributed by atoms with Crippen LogP contribution in [-0.2, 0) is 23.2 Å². The summed E-state index contributed by atoms with van der Waals surface area (Å²) in [4.78, 5) is 7.09. The lowest BCUT2D eigenvalue weighted by molar-refractivity contribution is 0.206. The van der Waals surface area contributed by atoms with Crippen LogP contribution < -0.4 is 9.44 Å². The minimum atomic E-state index is -3.70. The standard InChI is InChI=1S/C22H24Cl2N4O2S/c23-18-7-6-17(21(24)13-18)12-20-14-22(27-31(29,30)26-20)25-19-8-10-28(11-9-19)15-16-4-2-1-3-5-16/h1-7,13-14,19,26H,8-12,15H2,(H,25,27). The fraction of sp³-hybridized carbons (Fsp3) is 0.318. The summed E-state index contributed by atoms with van der Waals surface area (Å²) in [6.45, 7) is 2.78. The van der Waals surface area contributed by atoms with E-state index in [9.17, 15) is 8.42 Å². The third-order valence-corrected chi connectivity index (χ3v) is 6.93. The first kappa shape index (κ1) is 22.1. The van der Waals surface area contributed by atoms with E-state index in [0.29, 0.717) is 28.0 Å². The molecular formula is C22H24Cl2N4O2S. The maximum absolute atomic E-state index is 12.3. The van der Waals surface area contributed by atoms with E-state index >= 15 is 0 Å². The quantitative estimate of drug-likeness (QED) is 0.683. The van der Waals surface area contributed by atoms with E-state index in [1.807, 2.05) is 6.07 Å².